The van der Waals surface area contributed by atoms with E-state index < -0.39 is 10.1 Å². The molecule has 0 aliphatic rings. The van der Waals surface area contributed by atoms with E-state index in [1.165, 1.54) is 56.9 Å². The summed E-state index contributed by atoms with van der Waals surface area (Å²) in [5, 5.41) is 0. The summed E-state index contributed by atoms with van der Waals surface area (Å²) in [7, 11) is -3.92. The largest absolute Gasteiger partial charge is 0.285 e. The summed E-state index contributed by atoms with van der Waals surface area (Å²) >= 11 is 0. The Balaban J connectivity index is 2.15. The third kappa shape index (κ3) is 9.64. The molecule has 0 bridgehead atoms. The van der Waals surface area contributed by atoms with E-state index in [0.717, 1.165) is 6.42 Å². The van der Waals surface area contributed by atoms with Gasteiger partial charge in [0.05, 0.1) is 0 Å². The smallest absolute Gasteiger partial charge is 0.269 e. The fourth-order valence-corrected chi connectivity index (χ4v) is 3.09. The topological polar surface area (TPSA) is 54.4 Å². The molecular formula is C17H28O3S. The number of hydrogen-bond acceptors (Lipinski definition) is 2. The van der Waals surface area contributed by atoms with Crippen LogP contribution < -0.4 is 0 Å². The van der Waals surface area contributed by atoms with Crippen LogP contribution in [0.5, 0.6) is 0 Å². The maximum atomic E-state index is 10.8. The average Bonchev–Trinajstić information content (AvgIpc) is 2.42. The van der Waals surface area contributed by atoms with Crippen molar-refractivity contribution in [1.82, 2.24) is 0 Å². The van der Waals surface area contributed by atoms with Crippen molar-refractivity contribution in [2.75, 3.05) is 0 Å². The van der Waals surface area contributed by atoms with Crippen LogP contribution in [0.15, 0.2) is 24.3 Å². The van der Waals surface area contributed by atoms with E-state index in [2.05, 4.69) is 6.92 Å². The second-order valence-corrected chi connectivity index (χ2v) is 7.22. The van der Waals surface area contributed by atoms with Crippen molar-refractivity contribution in [2.24, 2.45) is 0 Å². The standard InChI is InChI=1S/C17H28O3S/c1-2-3-4-5-6-7-8-9-10-16-11-13-17(14-12-16)15-21(18,19)20/h11-14H,2-10,15H2,1H3,(H,18,19,20). The van der Waals surface area contributed by atoms with E-state index in [1.807, 2.05) is 12.1 Å². The van der Waals surface area contributed by atoms with Crippen molar-refractivity contribution in [2.45, 2.75) is 70.5 Å². The van der Waals surface area contributed by atoms with Crippen LogP contribution in [-0.2, 0) is 22.3 Å². The minimum Gasteiger partial charge on any atom is -0.285 e. The molecule has 21 heavy (non-hydrogen) atoms. The molecule has 4 heteroatoms. The maximum Gasteiger partial charge on any atom is 0.269 e. The van der Waals surface area contributed by atoms with Crippen molar-refractivity contribution >= 4 is 10.1 Å². The van der Waals surface area contributed by atoms with E-state index in [0.29, 0.717) is 5.56 Å². The van der Waals surface area contributed by atoms with Crippen molar-refractivity contribution in [3.05, 3.63) is 35.4 Å². The summed E-state index contributed by atoms with van der Waals surface area (Å²) in [5.41, 5.74) is 1.87. The second-order valence-electron chi connectivity index (χ2n) is 5.77. The molecule has 0 saturated heterocycles. The van der Waals surface area contributed by atoms with Crippen LogP contribution in [0.25, 0.3) is 0 Å². The van der Waals surface area contributed by atoms with Crippen LogP contribution in [0, 0.1) is 0 Å². The molecule has 120 valence electrons. The van der Waals surface area contributed by atoms with E-state index in [9.17, 15) is 8.42 Å². The molecule has 0 aromatic heterocycles. The fraction of sp³-hybridized carbons (Fsp3) is 0.647. The van der Waals surface area contributed by atoms with Gasteiger partial charge in [-0.1, -0.05) is 76.1 Å². The molecule has 0 spiro atoms. The molecule has 0 amide bonds. The van der Waals surface area contributed by atoms with Gasteiger partial charge in [-0.3, -0.25) is 4.55 Å². The molecule has 0 atom stereocenters. The van der Waals surface area contributed by atoms with Gasteiger partial charge in [-0.25, -0.2) is 0 Å². The number of rotatable bonds is 11. The minimum atomic E-state index is -3.92. The molecule has 1 aromatic rings. The Bertz CT molecular complexity index is 477. The van der Waals surface area contributed by atoms with Crippen LogP contribution in [0.4, 0.5) is 0 Å². The zero-order valence-corrected chi connectivity index (χ0v) is 13.9. The lowest BCUT2D eigenvalue weighted by Crippen LogP contribution is -2.01. The quantitative estimate of drug-likeness (QED) is 0.473. The molecule has 3 nitrogen and oxygen atoms in total. The molecule has 0 aliphatic carbocycles. The lowest BCUT2D eigenvalue weighted by molar-refractivity contribution is 0.482. The number of aryl methyl sites for hydroxylation is 1. The lowest BCUT2D eigenvalue weighted by atomic mass is 10.0. The Labute approximate surface area is 129 Å². The van der Waals surface area contributed by atoms with Crippen molar-refractivity contribution in [1.29, 1.82) is 0 Å². The fourth-order valence-electron chi connectivity index (χ4n) is 2.48. The zero-order chi connectivity index (χ0) is 15.6. The van der Waals surface area contributed by atoms with Gasteiger partial charge in [0.2, 0.25) is 0 Å². The normalized spacial score (nSPS) is 11.7. The van der Waals surface area contributed by atoms with Gasteiger partial charge in [0.15, 0.2) is 0 Å². The Morgan fingerprint density at radius 2 is 1.29 bits per heavy atom. The monoisotopic (exact) mass is 312 g/mol. The first-order valence-corrected chi connectivity index (χ1v) is 9.65. The van der Waals surface area contributed by atoms with Gasteiger partial charge >= 0.3 is 0 Å². The molecule has 1 aromatic carbocycles. The maximum absolute atomic E-state index is 10.8. The van der Waals surface area contributed by atoms with Gasteiger partial charge in [-0.15, -0.1) is 0 Å². The highest BCUT2D eigenvalue weighted by Gasteiger charge is 2.06. The molecule has 0 aliphatic heterocycles. The Hall–Kier alpha value is -0.870. The molecule has 1 N–H and O–H groups in total. The van der Waals surface area contributed by atoms with Crippen molar-refractivity contribution in [3.8, 4) is 0 Å². The average molecular weight is 312 g/mol. The molecule has 1 rings (SSSR count). The van der Waals surface area contributed by atoms with Crippen molar-refractivity contribution < 1.29 is 13.0 Å². The minimum absolute atomic E-state index is 0.301. The zero-order valence-electron chi connectivity index (χ0n) is 13.1. The number of hydrogen-bond donors (Lipinski definition) is 1. The molecular weight excluding hydrogens is 284 g/mol. The predicted molar refractivity (Wildman–Crippen MR) is 88.0 cm³/mol. The Kier molecular flexibility index (Phi) is 8.62. The molecule has 0 fully saturated rings. The van der Waals surface area contributed by atoms with Gasteiger partial charge < -0.3 is 0 Å². The van der Waals surface area contributed by atoms with E-state index in [-0.39, 0.29) is 5.75 Å². The number of unbranched alkanes of at least 4 members (excludes halogenated alkanes) is 7. The summed E-state index contributed by atoms with van der Waals surface area (Å²) < 4.78 is 30.3. The van der Waals surface area contributed by atoms with Gasteiger partial charge in [0, 0.05) is 0 Å². The number of benzene rings is 1. The second kappa shape index (κ2) is 9.96. The van der Waals surface area contributed by atoms with Gasteiger partial charge in [0.1, 0.15) is 5.75 Å². The summed E-state index contributed by atoms with van der Waals surface area (Å²) in [6, 6.07) is 7.49. The van der Waals surface area contributed by atoms with E-state index >= 15 is 0 Å². The highest BCUT2D eigenvalue weighted by molar-refractivity contribution is 7.85. The van der Waals surface area contributed by atoms with Crippen LogP contribution in [0.1, 0.15) is 69.4 Å². The van der Waals surface area contributed by atoms with Gasteiger partial charge in [-0.2, -0.15) is 8.42 Å². The Morgan fingerprint density at radius 3 is 1.81 bits per heavy atom. The van der Waals surface area contributed by atoms with E-state index in [1.54, 1.807) is 12.1 Å². The highest BCUT2D eigenvalue weighted by Crippen LogP contribution is 2.13. The van der Waals surface area contributed by atoms with Crippen molar-refractivity contribution in [3.63, 3.8) is 0 Å². The van der Waals surface area contributed by atoms with Crippen LogP contribution in [-0.4, -0.2) is 13.0 Å². The Morgan fingerprint density at radius 1 is 0.810 bits per heavy atom. The molecule has 0 unspecified atom stereocenters. The van der Waals surface area contributed by atoms with Crippen LogP contribution in [0.3, 0.4) is 0 Å². The van der Waals surface area contributed by atoms with Gasteiger partial charge in [-0.05, 0) is 24.0 Å². The molecule has 0 radical (unpaired) electrons. The first kappa shape index (κ1) is 18.2. The third-order valence-corrected chi connectivity index (χ3v) is 4.39. The summed E-state index contributed by atoms with van der Waals surface area (Å²) in [6.45, 7) is 2.24. The third-order valence-electron chi connectivity index (χ3n) is 3.69. The summed E-state index contributed by atoms with van der Waals surface area (Å²) in [4.78, 5) is 0. The summed E-state index contributed by atoms with van der Waals surface area (Å²) in [6.07, 6.45) is 11.5. The van der Waals surface area contributed by atoms with Gasteiger partial charge in [0.25, 0.3) is 10.1 Å². The first-order valence-electron chi connectivity index (χ1n) is 8.04. The molecule has 0 heterocycles. The molecule has 0 saturated carbocycles. The SMILES string of the molecule is CCCCCCCCCCc1ccc(CS(=O)(=O)O)cc1. The summed E-state index contributed by atoms with van der Waals surface area (Å²) in [5.74, 6) is -0.301. The van der Waals surface area contributed by atoms with Crippen LogP contribution in [0.2, 0.25) is 0 Å². The van der Waals surface area contributed by atoms with E-state index in [4.69, 9.17) is 4.55 Å². The van der Waals surface area contributed by atoms with Crippen LogP contribution >= 0.6 is 0 Å². The first-order chi connectivity index (χ1) is 10.0. The predicted octanol–water partition coefficient (Wildman–Crippen LogP) is 4.76. The highest BCUT2D eigenvalue weighted by atomic mass is 32.2. The lowest BCUT2D eigenvalue weighted by Gasteiger charge is -2.04.